The van der Waals surface area contributed by atoms with Crippen molar-refractivity contribution in [2.24, 2.45) is 0 Å². The van der Waals surface area contributed by atoms with Gasteiger partial charge in [-0.1, -0.05) is 6.07 Å². The van der Waals surface area contributed by atoms with Crippen molar-refractivity contribution >= 4 is 17.8 Å². The fourth-order valence-electron chi connectivity index (χ4n) is 3.87. The second-order valence-corrected chi connectivity index (χ2v) is 8.58. The number of nitrogens with zero attached hydrogens (tertiary/aromatic N) is 3. The Bertz CT molecular complexity index is 694. The van der Waals surface area contributed by atoms with E-state index in [0.717, 1.165) is 50.6 Å². The molecule has 6 heteroatoms. The lowest BCUT2D eigenvalue weighted by molar-refractivity contribution is -0.132. The molecule has 27 heavy (non-hydrogen) atoms. The van der Waals surface area contributed by atoms with Crippen LogP contribution in [0.25, 0.3) is 0 Å². The number of rotatable bonds is 3. The van der Waals surface area contributed by atoms with Crippen LogP contribution in [0.5, 0.6) is 0 Å². The minimum atomic E-state index is -0.565. The summed E-state index contributed by atoms with van der Waals surface area (Å²) < 4.78 is 5.69. The van der Waals surface area contributed by atoms with E-state index in [1.165, 1.54) is 0 Å². The quantitative estimate of drug-likeness (QED) is 0.785. The molecule has 6 nitrogen and oxygen atoms in total. The van der Waals surface area contributed by atoms with Gasteiger partial charge in [0.15, 0.2) is 0 Å². The Labute approximate surface area is 161 Å². The lowest BCUT2D eigenvalue weighted by Gasteiger charge is -2.41. The summed E-state index contributed by atoms with van der Waals surface area (Å²) in [6.45, 7) is 8.00. The molecular formula is C21H31N3O3. The molecule has 1 aromatic heterocycles. The molecule has 3 rings (SSSR count). The third kappa shape index (κ3) is 4.42. The van der Waals surface area contributed by atoms with Crippen molar-refractivity contribution in [3.05, 3.63) is 23.9 Å². The van der Waals surface area contributed by atoms with Gasteiger partial charge in [0.05, 0.1) is 6.04 Å². The fraction of sp³-hybridized carbons (Fsp3) is 0.667. The summed E-state index contributed by atoms with van der Waals surface area (Å²) in [6, 6.07) is 3.97. The predicted molar refractivity (Wildman–Crippen MR) is 105 cm³/mol. The molecule has 1 aliphatic carbocycles. The molecule has 2 heterocycles. The van der Waals surface area contributed by atoms with Crippen molar-refractivity contribution < 1.29 is 14.3 Å². The third-order valence-corrected chi connectivity index (χ3v) is 5.34. The molecule has 0 unspecified atom stereocenters. The van der Waals surface area contributed by atoms with Crippen LogP contribution in [-0.4, -0.2) is 40.1 Å². The molecule has 148 valence electrons. The van der Waals surface area contributed by atoms with E-state index in [0.29, 0.717) is 5.82 Å². The number of piperidine rings is 1. The molecule has 0 aromatic carbocycles. The lowest BCUT2D eigenvalue weighted by atomic mass is 9.90. The Kier molecular flexibility index (Phi) is 5.72. The highest BCUT2D eigenvalue weighted by atomic mass is 16.6. The normalized spacial score (nSPS) is 20.7. The van der Waals surface area contributed by atoms with Crippen LogP contribution in [0.2, 0.25) is 0 Å². The minimum absolute atomic E-state index is 0.0371. The Morgan fingerprint density at radius 1 is 1.19 bits per heavy atom. The van der Waals surface area contributed by atoms with Crippen LogP contribution in [0.4, 0.5) is 10.6 Å². The van der Waals surface area contributed by atoms with E-state index in [9.17, 15) is 9.59 Å². The maximum atomic E-state index is 13.0. The third-order valence-electron chi connectivity index (χ3n) is 5.34. The molecule has 0 N–H and O–H groups in total. The Hall–Kier alpha value is -2.11. The first-order chi connectivity index (χ1) is 12.8. The van der Waals surface area contributed by atoms with E-state index < -0.39 is 5.60 Å². The van der Waals surface area contributed by atoms with E-state index in [2.05, 4.69) is 4.98 Å². The van der Waals surface area contributed by atoms with Gasteiger partial charge in [-0.15, -0.1) is 0 Å². The molecule has 0 spiro atoms. The highest BCUT2D eigenvalue weighted by Crippen LogP contribution is 2.39. The number of hydrogen-bond acceptors (Lipinski definition) is 4. The Morgan fingerprint density at radius 3 is 2.52 bits per heavy atom. The zero-order valence-electron chi connectivity index (χ0n) is 16.9. The van der Waals surface area contributed by atoms with Crippen LogP contribution in [0.1, 0.15) is 77.8 Å². The first-order valence-electron chi connectivity index (χ1n) is 10.0. The maximum Gasteiger partial charge on any atom is 0.416 e. The van der Waals surface area contributed by atoms with Crippen LogP contribution in [0.3, 0.4) is 0 Å². The van der Waals surface area contributed by atoms with Gasteiger partial charge in [-0.05, 0) is 65.4 Å². The predicted octanol–water partition coefficient (Wildman–Crippen LogP) is 4.45. The highest BCUT2D eigenvalue weighted by Gasteiger charge is 2.37. The fourth-order valence-corrected chi connectivity index (χ4v) is 3.87. The highest BCUT2D eigenvalue weighted by molar-refractivity contribution is 5.88. The topological polar surface area (TPSA) is 62.7 Å². The largest absolute Gasteiger partial charge is 0.443 e. The molecule has 1 aromatic rings. The molecule has 1 saturated heterocycles. The monoisotopic (exact) mass is 373 g/mol. The van der Waals surface area contributed by atoms with E-state index in [-0.39, 0.29) is 24.1 Å². The van der Waals surface area contributed by atoms with Crippen LogP contribution in [0, 0.1) is 0 Å². The number of carbonyl (C=O) groups is 2. The number of amides is 2. The number of hydrogen-bond donors (Lipinski definition) is 0. The van der Waals surface area contributed by atoms with E-state index in [1.807, 2.05) is 37.8 Å². The van der Waals surface area contributed by atoms with Crippen LogP contribution in [-0.2, 0) is 9.53 Å². The molecule has 0 bridgehead atoms. The molecule has 2 aliphatic rings. The average Bonchev–Trinajstić information content (AvgIpc) is 2.56. The molecule has 2 fully saturated rings. The van der Waals surface area contributed by atoms with Gasteiger partial charge in [0.25, 0.3) is 0 Å². The van der Waals surface area contributed by atoms with Crippen molar-refractivity contribution in [3.8, 4) is 0 Å². The first kappa shape index (κ1) is 19.6. The SMILES string of the molecule is CC(=O)N1CCCC[C@H]1c1cccnc1N(C(=O)OC(C)(C)C)C1CCC1. The van der Waals surface area contributed by atoms with Crippen LogP contribution >= 0.6 is 0 Å². The summed E-state index contributed by atoms with van der Waals surface area (Å²) in [7, 11) is 0. The van der Waals surface area contributed by atoms with Gasteiger partial charge >= 0.3 is 6.09 Å². The number of ether oxygens (including phenoxy) is 1. The van der Waals surface area contributed by atoms with Crippen LogP contribution in [0.15, 0.2) is 18.3 Å². The van der Waals surface area contributed by atoms with Gasteiger partial charge in [0.1, 0.15) is 11.4 Å². The number of pyridine rings is 1. The molecule has 0 radical (unpaired) electrons. The molecule has 1 saturated carbocycles. The molecule has 1 atom stereocenters. The van der Waals surface area contributed by atoms with Crippen molar-refractivity contribution in [1.82, 2.24) is 9.88 Å². The second-order valence-electron chi connectivity index (χ2n) is 8.58. The van der Waals surface area contributed by atoms with E-state index in [1.54, 1.807) is 18.0 Å². The number of carbonyl (C=O) groups excluding carboxylic acids is 2. The first-order valence-corrected chi connectivity index (χ1v) is 10.0. The molecule has 1 aliphatic heterocycles. The van der Waals surface area contributed by atoms with Crippen molar-refractivity contribution in [2.45, 2.75) is 83.9 Å². The zero-order chi connectivity index (χ0) is 19.6. The van der Waals surface area contributed by atoms with Gasteiger partial charge < -0.3 is 9.64 Å². The summed E-state index contributed by atoms with van der Waals surface area (Å²) in [6.07, 6.45) is 7.36. The Balaban J connectivity index is 1.98. The summed E-state index contributed by atoms with van der Waals surface area (Å²) in [5.41, 5.74) is 0.384. The van der Waals surface area contributed by atoms with Gasteiger partial charge in [0, 0.05) is 31.3 Å². The van der Waals surface area contributed by atoms with Gasteiger partial charge in [-0.25, -0.2) is 9.78 Å². The van der Waals surface area contributed by atoms with Gasteiger partial charge in [-0.2, -0.15) is 0 Å². The van der Waals surface area contributed by atoms with Crippen molar-refractivity contribution in [2.75, 3.05) is 11.4 Å². The number of likely N-dealkylation sites (tertiary alicyclic amines) is 1. The zero-order valence-corrected chi connectivity index (χ0v) is 16.9. The van der Waals surface area contributed by atoms with Gasteiger partial charge in [0.2, 0.25) is 5.91 Å². The standard InChI is InChI=1S/C21H31N3O3/c1-15(25)23-14-6-5-12-18(23)17-11-8-13-22-19(17)24(16-9-7-10-16)20(26)27-21(2,3)4/h8,11,13,16,18H,5-7,9-10,12,14H2,1-4H3/t18-/m0/s1. The summed E-state index contributed by atoms with van der Waals surface area (Å²) >= 11 is 0. The van der Waals surface area contributed by atoms with Crippen molar-refractivity contribution in [3.63, 3.8) is 0 Å². The summed E-state index contributed by atoms with van der Waals surface area (Å²) in [5, 5.41) is 0. The lowest BCUT2D eigenvalue weighted by Crippen LogP contribution is -2.48. The van der Waals surface area contributed by atoms with Crippen LogP contribution < -0.4 is 4.90 Å². The van der Waals surface area contributed by atoms with Gasteiger partial charge in [-0.3, -0.25) is 9.69 Å². The summed E-state index contributed by atoms with van der Waals surface area (Å²) in [4.78, 5) is 33.5. The van der Waals surface area contributed by atoms with Crippen molar-refractivity contribution in [1.29, 1.82) is 0 Å². The maximum absolute atomic E-state index is 13.0. The number of aromatic nitrogens is 1. The van der Waals surface area contributed by atoms with E-state index >= 15 is 0 Å². The minimum Gasteiger partial charge on any atom is -0.443 e. The number of anilines is 1. The van der Waals surface area contributed by atoms with E-state index in [4.69, 9.17) is 4.74 Å². The summed E-state index contributed by atoms with van der Waals surface area (Å²) in [5.74, 6) is 0.719. The molecular weight excluding hydrogens is 342 g/mol. The smallest absolute Gasteiger partial charge is 0.416 e. The average molecular weight is 373 g/mol. The second kappa shape index (κ2) is 7.87. The Morgan fingerprint density at radius 2 is 1.93 bits per heavy atom. The molecule has 2 amide bonds.